The van der Waals surface area contributed by atoms with Gasteiger partial charge in [-0.05, 0) is 30.0 Å². The molecular weight excluding hydrogens is 391 g/mol. The molecular formula is C18H12ClFN4O4. The van der Waals surface area contributed by atoms with Crippen LogP contribution < -0.4 is 15.4 Å². The highest BCUT2D eigenvalue weighted by Gasteiger charge is 2.23. The Bertz CT molecular complexity index is 1170. The first-order valence-corrected chi connectivity index (χ1v) is 8.43. The highest BCUT2D eigenvalue weighted by Crippen LogP contribution is 2.40. The topological polar surface area (TPSA) is 113 Å². The zero-order valence-electron chi connectivity index (χ0n) is 14.3. The fourth-order valence-corrected chi connectivity index (χ4v) is 3.28. The molecule has 1 aliphatic rings. The second-order valence-corrected chi connectivity index (χ2v) is 6.46. The molecule has 8 nitrogen and oxygen atoms in total. The summed E-state index contributed by atoms with van der Waals surface area (Å²) in [5.74, 6) is -0.676. The van der Waals surface area contributed by atoms with Crippen molar-refractivity contribution in [3.63, 3.8) is 0 Å². The third-order valence-electron chi connectivity index (χ3n) is 4.33. The molecule has 1 aromatic carbocycles. The molecule has 2 amide bonds. The molecule has 1 aliphatic heterocycles. The smallest absolute Gasteiger partial charge is 0.410 e. The summed E-state index contributed by atoms with van der Waals surface area (Å²) in [5.41, 5.74) is 1.49. The van der Waals surface area contributed by atoms with Crippen LogP contribution in [0.4, 0.5) is 20.7 Å². The number of anilines is 2. The molecule has 142 valence electrons. The molecule has 2 aromatic heterocycles. The number of ether oxygens (including phenoxy) is 1. The maximum atomic E-state index is 15.0. The molecule has 0 fully saturated rings. The van der Waals surface area contributed by atoms with E-state index in [4.69, 9.17) is 21.4 Å². The molecule has 3 N–H and O–H groups in total. The van der Waals surface area contributed by atoms with Gasteiger partial charge < -0.3 is 15.2 Å². The van der Waals surface area contributed by atoms with Crippen LogP contribution in [-0.4, -0.2) is 33.7 Å². The summed E-state index contributed by atoms with van der Waals surface area (Å²) in [6, 6.07) is 2.97. The number of fused-ring (bicyclic) bond motifs is 2. The lowest BCUT2D eigenvalue weighted by atomic mass is 9.98. The van der Waals surface area contributed by atoms with Crippen molar-refractivity contribution in [2.45, 2.75) is 6.92 Å². The Kier molecular flexibility index (Phi) is 4.23. The summed E-state index contributed by atoms with van der Waals surface area (Å²) in [6.45, 7) is 1.56. The number of carbonyl (C=O) groups excluding carboxylic acids is 1. The van der Waals surface area contributed by atoms with Gasteiger partial charge in [0, 0.05) is 28.9 Å². The van der Waals surface area contributed by atoms with Gasteiger partial charge in [0.2, 0.25) is 5.88 Å². The predicted molar refractivity (Wildman–Crippen MR) is 100 cm³/mol. The normalized spacial score (nSPS) is 12.9. The van der Waals surface area contributed by atoms with Crippen molar-refractivity contribution in [3.05, 3.63) is 40.9 Å². The van der Waals surface area contributed by atoms with E-state index >= 15 is 4.39 Å². The third-order valence-corrected chi connectivity index (χ3v) is 4.70. The van der Waals surface area contributed by atoms with Crippen LogP contribution in [0.2, 0.25) is 5.02 Å². The second-order valence-electron chi connectivity index (χ2n) is 6.09. The van der Waals surface area contributed by atoms with Gasteiger partial charge in [0.05, 0.1) is 5.02 Å². The van der Waals surface area contributed by atoms with E-state index in [0.717, 1.165) is 0 Å². The summed E-state index contributed by atoms with van der Waals surface area (Å²) in [4.78, 5) is 30.5. The van der Waals surface area contributed by atoms with E-state index in [-0.39, 0.29) is 34.8 Å². The van der Waals surface area contributed by atoms with Gasteiger partial charge in [-0.25, -0.2) is 19.2 Å². The van der Waals surface area contributed by atoms with Crippen molar-refractivity contribution < 1.29 is 23.8 Å². The Morgan fingerprint density at radius 1 is 1.32 bits per heavy atom. The van der Waals surface area contributed by atoms with E-state index in [2.05, 4.69) is 20.6 Å². The van der Waals surface area contributed by atoms with Gasteiger partial charge in [-0.15, -0.1) is 0 Å². The van der Waals surface area contributed by atoms with Crippen LogP contribution in [0.5, 0.6) is 5.88 Å². The summed E-state index contributed by atoms with van der Waals surface area (Å²) >= 11 is 6.19. The Balaban J connectivity index is 1.91. The minimum absolute atomic E-state index is 0.0783. The first-order valence-electron chi connectivity index (χ1n) is 8.05. The Labute approximate surface area is 162 Å². The SMILES string of the molecule is Cc1c(-c2cc3cc(NC(=O)O)ncc3c(Cl)c2F)cnc2c1NC(=O)CO2. The molecule has 3 aromatic rings. The lowest BCUT2D eigenvalue weighted by Crippen LogP contribution is -2.26. The quantitative estimate of drug-likeness (QED) is 0.600. The number of carbonyl (C=O) groups is 2. The zero-order chi connectivity index (χ0) is 20.0. The molecule has 0 atom stereocenters. The highest BCUT2D eigenvalue weighted by atomic mass is 35.5. The van der Waals surface area contributed by atoms with Crippen molar-refractivity contribution in [1.29, 1.82) is 0 Å². The number of hydrogen-bond donors (Lipinski definition) is 3. The van der Waals surface area contributed by atoms with Gasteiger partial charge in [0.25, 0.3) is 5.91 Å². The first kappa shape index (κ1) is 17.9. The van der Waals surface area contributed by atoms with Crippen molar-refractivity contribution >= 4 is 45.9 Å². The molecule has 0 spiro atoms. The second kappa shape index (κ2) is 6.61. The highest BCUT2D eigenvalue weighted by molar-refractivity contribution is 6.36. The van der Waals surface area contributed by atoms with Crippen LogP contribution in [0.15, 0.2) is 24.5 Å². The third kappa shape index (κ3) is 2.95. The zero-order valence-corrected chi connectivity index (χ0v) is 15.1. The molecule has 0 aliphatic carbocycles. The number of halogens is 2. The number of pyridine rings is 2. The van der Waals surface area contributed by atoms with Gasteiger partial charge in [0.1, 0.15) is 17.3 Å². The molecule has 10 heteroatoms. The van der Waals surface area contributed by atoms with Crippen LogP contribution in [0.25, 0.3) is 21.9 Å². The molecule has 0 saturated heterocycles. The number of nitrogens with one attached hydrogen (secondary N) is 2. The number of nitrogens with zero attached hydrogens (tertiary/aromatic N) is 2. The predicted octanol–water partition coefficient (Wildman–Crippen LogP) is 3.82. The summed E-state index contributed by atoms with van der Waals surface area (Å²) in [6.07, 6.45) is 1.46. The van der Waals surface area contributed by atoms with Crippen molar-refractivity contribution in [2.24, 2.45) is 0 Å². The standard InChI is InChI=1S/C18H12ClFN4O4/c1-7-10(4-22-17-16(7)24-13(25)6-28-17)9-2-8-3-12(23-18(26)27)21-5-11(8)14(19)15(9)20/h2-5H,6H2,1H3,(H,21,23)(H,24,25)(H,26,27). The number of rotatable bonds is 2. The number of benzene rings is 1. The Morgan fingerprint density at radius 3 is 2.86 bits per heavy atom. The monoisotopic (exact) mass is 402 g/mol. The largest absolute Gasteiger partial charge is 0.466 e. The first-order chi connectivity index (χ1) is 13.3. The van der Waals surface area contributed by atoms with Crippen LogP contribution in [0.3, 0.4) is 0 Å². The Morgan fingerprint density at radius 2 is 2.11 bits per heavy atom. The number of aromatic nitrogens is 2. The number of carboxylic acid groups (broad SMARTS) is 1. The van der Waals surface area contributed by atoms with E-state index in [0.29, 0.717) is 27.6 Å². The summed E-state index contributed by atoms with van der Waals surface area (Å²) in [7, 11) is 0. The fraction of sp³-hybridized carbons (Fsp3) is 0.111. The van der Waals surface area contributed by atoms with Gasteiger partial charge in [-0.1, -0.05) is 11.6 Å². The molecule has 0 saturated carbocycles. The van der Waals surface area contributed by atoms with Crippen LogP contribution in [-0.2, 0) is 4.79 Å². The van der Waals surface area contributed by atoms with Crippen molar-refractivity contribution in [1.82, 2.24) is 9.97 Å². The minimum Gasteiger partial charge on any atom is -0.466 e. The van der Waals surface area contributed by atoms with Gasteiger partial charge in [-0.2, -0.15) is 0 Å². The number of amides is 2. The maximum Gasteiger partial charge on any atom is 0.410 e. The number of hydrogen-bond acceptors (Lipinski definition) is 5. The minimum atomic E-state index is -1.27. The lowest BCUT2D eigenvalue weighted by molar-refractivity contribution is -0.118. The Hall–Kier alpha value is -3.46. The van der Waals surface area contributed by atoms with Crippen LogP contribution in [0, 0.1) is 12.7 Å². The average molecular weight is 403 g/mol. The molecule has 0 radical (unpaired) electrons. The van der Waals surface area contributed by atoms with E-state index in [1.807, 2.05) is 0 Å². The van der Waals surface area contributed by atoms with Crippen molar-refractivity contribution in [3.8, 4) is 17.0 Å². The fourth-order valence-electron chi connectivity index (χ4n) is 3.02. The van der Waals surface area contributed by atoms with E-state index in [1.54, 1.807) is 6.92 Å². The molecule has 0 unspecified atom stereocenters. The van der Waals surface area contributed by atoms with Gasteiger partial charge >= 0.3 is 6.09 Å². The van der Waals surface area contributed by atoms with Crippen molar-refractivity contribution in [2.75, 3.05) is 17.2 Å². The van der Waals surface area contributed by atoms with Gasteiger partial charge in [0.15, 0.2) is 6.61 Å². The van der Waals surface area contributed by atoms with Crippen LogP contribution in [0.1, 0.15) is 5.56 Å². The van der Waals surface area contributed by atoms with E-state index < -0.39 is 11.9 Å². The van der Waals surface area contributed by atoms with E-state index in [1.165, 1.54) is 24.5 Å². The average Bonchev–Trinajstić information content (AvgIpc) is 2.65. The summed E-state index contributed by atoms with van der Waals surface area (Å²) in [5, 5.41) is 14.3. The van der Waals surface area contributed by atoms with Gasteiger partial charge in [-0.3, -0.25) is 10.1 Å². The molecule has 3 heterocycles. The maximum absolute atomic E-state index is 15.0. The lowest BCUT2D eigenvalue weighted by Gasteiger charge is -2.21. The molecule has 28 heavy (non-hydrogen) atoms. The summed E-state index contributed by atoms with van der Waals surface area (Å²) < 4.78 is 20.3. The molecule has 0 bridgehead atoms. The van der Waals surface area contributed by atoms with Crippen LogP contribution >= 0.6 is 11.6 Å². The van der Waals surface area contributed by atoms with E-state index in [9.17, 15) is 9.59 Å². The molecule has 4 rings (SSSR count).